The number of aromatic nitrogens is 2. The van der Waals surface area contributed by atoms with Crippen molar-refractivity contribution in [1.29, 1.82) is 0 Å². The molecule has 0 spiro atoms. The Bertz CT molecular complexity index is 365. The van der Waals surface area contributed by atoms with Gasteiger partial charge in [-0.05, 0) is 18.0 Å². The zero-order valence-corrected chi connectivity index (χ0v) is 8.79. The summed E-state index contributed by atoms with van der Waals surface area (Å²) in [5, 5.41) is 7.99. The molecule has 2 rings (SSSR count). The summed E-state index contributed by atoms with van der Waals surface area (Å²) in [6, 6.07) is 0. The second kappa shape index (κ2) is 4.35. The van der Waals surface area contributed by atoms with Crippen LogP contribution in [0.1, 0.15) is 16.9 Å². The van der Waals surface area contributed by atoms with Crippen molar-refractivity contribution in [2.45, 2.75) is 6.42 Å². The number of rotatable bonds is 1. The minimum Gasteiger partial charge on any atom is -0.354 e. The third-order valence-corrected chi connectivity index (χ3v) is 2.63. The lowest BCUT2D eigenvalue weighted by Crippen LogP contribution is -2.37. The van der Waals surface area contributed by atoms with E-state index >= 15 is 0 Å². The Kier molecular flexibility index (Phi) is 2.91. The van der Waals surface area contributed by atoms with Crippen LogP contribution in [0.5, 0.6) is 0 Å². The number of hydrogen-bond acceptors (Lipinski definition) is 5. The van der Waals surface area contributed by atoms with E-state index in [4.69, 9.17) is 0 Å². The van der Waals surface area contributed by atoms with Crippen LogP contribution in [0, 0.1) is 0 Å². The maximum absolute atomic E-state index is 11.8. The Hall–Kier alpha value is -1.50. The largest absolute Gasteiger partial charge is 0.354 e. The minimum atomic E-state index is -0.221. The molecule has 0 atom stereocenters. The van der Waals surface area contributed by atoms with Crippen molar-refractivity contribution < 1.29 is 9.59 Å². The summed E-state index contributed by atoms with van der Waals surface area (Å²) in [6.07, 6.45) is 0.773. The summed E-state index contributed by atoms with van der Waals surface area (Å²) in [6.45, 7) is 1.31. The molecule has 1 saturated heterocycles. The van der Waals surface area contributed by atoms with Gasteiger partial charge in [0.25, 0.3) is 5.91 Å². The minimum absolute atomic E-state index is 0.107. The van der Waals surface area contributed by atoms with Crippen molar-refractivity contribution in [3.63, 3.8) is 0 Å². The maximum atomic E-state index is 11.8. The molecule has 1 aromatic rings. The van der Waals surface area contributed by atoms with Gasteiger partial charge in [0.15, 0.2) is 5.69 Å². The van der Waals surface area contributed by atoms with E-state index < -0.39 is 0 Å². The molecule has 2 amide bonds. The molecule has 15 heavy (non-hydrogen) atoms. The van der Waals surface area contributed by atoms with Gasteiger partial charge in [-0.2, -0.15) is 0 Å². The van der Waals surface area contributed by atoms with Crippen LogP contribution in [-0.2, 0) is 4.79 Å². The number of carbonyl (C=O) groups is 2. The van der Waals surface area contributed by atoms with E-state index in [9.17, 15) is 9.59 Å². The van der Waals surface area contributed by atoms with Gasteiger partial charge in [-0.1, -0.05) is 4.49 Å². The second-order valence-corrected chi connectivity index (χ2v) is 3.83. The molecule has 6 nitrogen and oxygen atoms in total. The van der Waals surface area contributed by atoms with Gasteiger partial charge in [-0.15, -0.1) is 5.10 Å². The standard InChI is InChI=1S/C8H10N4O2S/c13-7-4-12(3-1-2-9-7)8(14)6-5-15-11-10-6/h5H,1-4H2,(H,9,13). The van der Waals surface area contributed by atoms with E-state index in [1.807, 2.05) is 0 Å². The van der Waals surface area contributed by atoms with Crippen molar-refractivity contribution in [2.24, 2.45) is 0 Å². The van der Waals surface area contributed by atoms with E-state index in [2.05, 4.69) is 14.9 Å². The first kappa shape index (κ1) is 10.0. The van der Waals surface area contributed by atoms with Crippen molar-refractivity contribution in [2.75, 3.05) is 19.6 Å². The molecule has 2 heterocycles. The molecule has 0 radical (unpaired) electrons. The van der Waals surface area contributed by atoms with Crippen LogP contribution in [-0.4, -0.2) is 45.9 Å². The number of nitrogens with one attached hydrogen (secondary N) is 1. The van der Waals surface area contributed by atoms with Crippen LogP contribution < -0.4 is 5.32 Å². The van der Waals surface area contributed by atoms with Crippen LogP contribution >= 0.6 is 11.5 Å². The highest BCUT2D eigenvalue weighted by atomic mass is 32.1. The third kappa shape index (κ3) is 2.30. The van der Waals surface area contributed by atoms with Gasteiger partial charge >= 0.3 is 0 Å². The predicted octanol–water partition coefficient (Wildman–Crippen LogP) is -0.500. The molecule has 80 valence electrons. The summed E-state index contributed by atoms with van der Waals surface area (Å²) in [5.41, 5.74) is 0.315. The Morgan fingerprint density at radius 2 is 2.47 bits per heavy atom. The first-order valence-electron chi connectivity index (χ1n) is 4.60. The molecule has 1 aliphatic rings. The first-order valence-corrected chi connectivity index (χ1v) is 5.44. The monoisotopic (exact) mass is 226 g/mol. The smallest absolute Gasteiger partial charge is 0.275 e. The Morgan fingerprint density at radius 1 is 1.60 bits per heavy atom. The van der Waals surface area contributed by atoms with Crippen LogP contribution in [0.2, 0.25) is 0 Å². The highest BCUT2D eigenvalue weighted by Crippen LogP contribution is 2.05. The second-order valence-electron chi connectivity index (χ2n) is 3.22. The van der Waals surface area contributed by atoms with Crippen LogP contribution in [0.3, 0.4) is 0 Å². The molecule has 1 aromatic heterocycles. The van der Waals surface area contributed by atoms with Gasteiger partial charge in [0.2, 0.25) is 5.91 Å². The predicted molar refractivity (Wildman–Crippen MR) is 53.4 cm³/mol. The molecule has 0 aromatic carbocycles. The number of hydrogen-bond donors (Lipinski definition) is 1. The molecule has 7 heteroatoms. The summed E-state index contributed by atoms with van der Waals surface area (Å²) in [5.74, 6) is -0.343. The van der Waals surface area contributed by atoms with Gasteiger partial charge in [0.1, 0.15) is 0 Å². The third-order valence-electron chi connectivity index (χ3n) is 2.13. The van der Waals surface area contributed by atoms with Crippen LogP contribution in [0.25, 0.3) is 0 Å². The number of carbonyl (C=O) groups excluding carboxylic acids is 2. The molecule has 1 aliphatic heterocycles. The summed E-state index contributed by atoms with van der Waals surface area (Å²) >= 11 is 1.13. The lowest BCUT2D eigenvalue weighted by Gasteiger charge is -2.16. The Morgan fingerprint density at radius 3 is 3.20 bits per heavy atom. The summed E-state index contributed by atoms with van der Waals surface area (Å²) < 4.78 is 3.62. The Labute approximate surface area is 90.4 Å². The highest BCUT2D eigenvalue weighted by molar-refractivity contribution is 7.03. The fourth-order valence-electron chi connectivity index (χ4n) is 1.40. The molecule has 0 saturated carbocycles. The van der Waals surface area contributed by atoms with Crippen molar-refractivity contribution in [1.82, 2.24) is 19.8 Å². The van der Waals surface area contributed by atoms with E-state index in [-0.39, 0.29) is 18.4 Å². The average molecular weight is 226 g/mol. The Balaban J connectivity index is 2.09. The topological polar surface area (TPSA) is 75.2 Å². The highest BCUT2D eigenvalue weighted by Gasteiger charge is 2.22. The SMILES string of the molecule is O=C1CN(C(=O)c2csnn2)CCCN1. The first-order chi connectivity index (χ1) is 7.27. The maximum Gasteiger partial charge on any atom is 0.275 e. The normalized spacial score (nSPS) is 17.1. The quantitative estimate of drug-likeness (QED) is 0.700. The van der Waals surface area contributed by atoms with E-state index in [1.54, 1.807) is 5.38 Å². The van der Waals surface area contributed by atoms with E-state index in [1.165, 1.54) is 4.90 Å². The molecule has 0 bridgehead atoms. The van der Waals surface area contributed by atoms with Crippen LogP contribution in [0.4, 0.5) is 0 Å². The summed E-state index contributed by atoms with van der Waals surface area (Å²) in [4.78, 5) is 24.5. The average Bonchev–Trinajstić information content (AvgIpc) is 2.67. The van der Waals surface area contributed by atoms with Crippen molar-refractivity contribution in [3.8, 4) is 0 Å². The lowest BCUT2D eigenvalue weighted by molar-refractivity contribution is -0.121. The summed E-state index contributed by atoms with van der Waals surface area (Å²) in [7, 11) is 0. The zero-order valence-electron chi connectivity index (χ0n) is 7.97. The van der Waals surface area contributed by atoms with E-state index in [0.29, 0.717) is 18.8 Å². The fourth-order valence-corrected chi connectivity index (χ4v) is 1.83. The molecular weight excluding hydrogens is 216 g/mol. The lowest BCUT2D eigenvalue weighted by atomic mass is 10.3. The number of nitrogens with zero attached hydrogens (tertiary/aromatic N) is 3. The van der Waals surface area contributed by atoms with Gasteiger partial charge in [-0.3, -0.25) is 9.59 Å². The molecule has 0 unspecified atom stereocenters. The van der Waals surface area contributed by atoms with Gasteiger partial charge in [-0.25, -0.2) is 0 Å². The van der Waals surface area contributed by atoms with Crippen molar-refractivity contribution in [3.05, 3.63) is 11.1 Å². The zero-order chi connectivity index (χ0) is 10.7. The van der Waals surface area contributed by atoms with Gasteiger partial charge in [0.05, 0.1) is 6.54 Å². The molecule has 1 fully saturated rings. The molecule has 0 aliphatic carbocycles. The van der Waals surface area contributed by atoms with Gasteiger partial charge < -0.3 is 10.2 Å². The molecular formula is C8H10N4O2S. The number of amides is 2. The fraction of sp³-hybridized carbons (Fsp3) is 0.500. The van der Waals surface area contributed by atoms with Crippen LogP contribution in [0.15, 0.2) is 5.38 Å². The van der Waals surface area contributed by atoms with Gasteiger partial charge in [0, 0.05) is 18.5 Å². The van der Waals surface area contributed by atoms with Crippen molar-refractivity contribution >= 4 is 23.3 Å². The van der Waals surface area contributed by atoms with E-state index in [0.717, 1.165) is 18.0 Å². The molecule has 1 N–H and O–H groups in total.